The van der Waals surface area contributed by atoms with Crippen molar-refractivity contribution in [2.75, 3.05) is 6.61 Å². The van der Waals surface area contributed by atoms with Crippen LogP contribution in [0, 0.1) is 6.92 Å². The van der Waals surface area contributed by atoms with Crippen LogP contribution in [0.1, 0.15) is 18.1 Å². The number of nitrogens with zero attached hydrogens (tertiary/aromatic N) is 1. The van der Waals surface area contributed by atoms with Crippen molar-refractivity contribution in [3.8, 4) is 5.75 Å². The number of carbonyl (C=O) groups is 1. The van der Waals surface area contributed by atoms with Gasteiger partial charge in [0.25, 0.3) is 5.91 Å². The summed E-state index contributed by atoms with van der Waals surface area (Å²) in [6.07, 6.45) is 1.88. The molecule has 0 spiro atoms. The zero-order chi connectivity index (χ0) is 20.4. The van der Waals surface area contributed by atoms with Crippen LogP contribution >= 0.6 is 23.4 Å². The Hall–Kier alpha value is -2.76. The number of hydrogen-bond donors (Lipinski definition) is 1. The molecule has 1 saturated heterocycles. The number of hydrogen-bond acceptors (Lipinski definition) is 4. The fraction of sp³-hybridized carbons (Fsp3) is 0.130. The van der Waals surface area contributed by atoms with Gasteiger partial charge in [-0.05, 0) is 66.2 Å². The lowest BCUT2D eigenvalue weighted by Gasteiger charge is -2.11. The Labute approximate surface area is 178 Å². The highest BCUT2D eigenvalue weighted by atomic mass is 35.5. The molecule has 4 rings (SSSR count). The number of amides is 1. The van der Waals surface area contributed by atoms with Crippen molar-refractivity contribution in [1.29, 1.82) is 0 Å². The number of amidine groups is 1. The van der Waals surface area contributed by atoms with Crippen molar-refractivity contribution in [3.63, 3.8) is 0 Å². The van der Waals surface area contributed by atoms with Crippen molar-refractivity contribution in [1.82, 2.24) is 5.32 Å². The standard InChI is InChI=1S/C23H19ClN2O2S/c1-3-28-20-12-11-15-7-4-5-8-16(15)17(20)13-21-22(27)26-23(29-21)25-19-10-6-9-18(24)14(19)2/h4-13H,3H2,1-2H3,(H,25,26,27)/b21-13+. The van der Waals surface area contributed by atoms with Gasteiger partial charge in [-0.2, -0.15) is 0 Å². The molecular weight excluding hydrogens is 404 g/mol. The molecule has 0 bridgehead atoms. The van der Waals surface area contributed by atoms with E-state index in [1.807, 2.05) is 74.5 Å². The Morgan fingerprint density at radius 2 is 1.97 bits per heavy atom. The van der Waals surface area contributed by atoms with Gasteiger partial charge < -0.3 is 10.1 Å². The predicted molar refractivity (Wildman–Crippen MR) is 122 cm³/mol. The molecule has 1 aliphatic heterocycles. The SMILES string of the molecule is CCOc1ccc2ccccc2c1/C=C1/SC(=Nc2cccc(Cl)c2C)NC1=O. The van der Waals surface area contributed by atoms with Gasteiger partial charge in [0, 0.05) is 10.6 Å². The summed E-state index contributed by atoms with van der Waals surface area (Å²) in [6, 6.07) is 17.6. The molecule has 0 aliphatic carbocycles. The summed E-state index contributed by atoms with van der Waals surface area (Å²) in [6.45, 7) is 4.40. The molecule has 0 aromatic heterocycles. The normalized spacial score (nSPS) is 16.6. The van der Waals surface area contributed by atoms with Gasteiger partial charge in [-0.1, -0.05) is 48.0 Å². The number of carbonyl (C=O) groups excluding carboxylic acids is 1. The zero-order valence-corrected chi connectivity index (χ0v) is 17.6. The third-order valence-corrected chi connectivity index (χ3v) is 5.94. The van der Waals surface area contributed by atoms with E-state index in [0.717, 1.165) is 33.3 Å². The van der Waals surface area contributed by atoms with Gasteiger partial charge in [0.2, 0.25) is 0 Å². The minimum absolute atomic E-state index is 0.177. The maximum atomic E-state index is 12.6. The molecule has 4 nitrogen and oxygen atoms in total. The highest BCUT2D eigenvalue weighted by molar-refractivity contribution is 8.18. The van der Waals surface area contributed by atoms with Crippen LogP contribution in [0.15, 0.2) is 64.5 Å². The predicted octanol–water partition coefficient (Wildman–Crippen LogP) is 6.09. The number of rotatable bonds is 4. The van der Waals surface area contributed by atoms with Crippen molar-refractivity contribution in [3.05, 3.63) is 75.7 Å². The second-order valence-corrected chi connectivity index (χ2v) is 7.94. The van der Waals surface area contributed by atoms with E-state index in [-0.39, 0.29) is 5.91 Å². The zero-order valence-electron chi connectivity index (χ0n) is 16.0. The van der Waals surface area contributed by atoms with Gasteiger partial charge in [0.15, 0.2) is 5.17 Å². The van der Waals surface area contributed by atoms with E-state index in [9.17, 15) is 4.79 Å². The number of nitrogens with one attached hydrogen (secondary N) is 1. The number of aliphatic imine (C=N–C) groups is 1. The van der Waals surface area contributed by atoms with Crippen molar-refractivity contribution in [2.45, 2.75) is 13.8 Å². The minimum atomic E-state index is -0.177. The molecule has 1 fully saturated rings. The molecule has 0 radical (unpaired) electrons. The number of halogens is 1. The Balaban J connectivity index is 1.74. The number of thioether (sulfide) groups is 1. The first kappa shape index (κ1) is 19.6. The first-order chi connectivity index (χ1) is 14.1. The average Bonchev–Trinajstić information content (AvgIpc) is 3.06. The fourth-order valence-corrected chi connectivity index (χ4v) is 4.13. The lowest BCUT2D eigenvalue weighted by Crippen LogP contribution is -2.19. The highest BCUT2D eigenvalue weighted by Gasteiger charge is 2.25. The number of fused-ring (bicyclic) bond motifs is 1. The number of benzene rings is 3. The topological polar surface area (TPSA) is 50.7 Å². The van der Waals surface area contributed by atoms with Crippen LogP contribution in [-0.4, -0.2) is 17.7 Å². The van der Waals surface area contributed by atoms with Gasteiger partial charge >= 0.3 is 0 Å². The van der Waals surface area contributed by atoms with Crippen molar-refractivity contribution < 1.29 is 9.53 Å². The van der Waals surface area contributed by atoms with E-state index in [1.54, 1.807) is 0 Å². The van der Waals surface area contributed by atoms with Crippen LogP contribution in [0.2, 0.25) is 5.02 Å². The van der Waals surface area contributed by atoms with Crippen LogP contribution in [0.4, 0.5) is 5.69 Å². The molecule has 146 valence electrons. The molecule has 0 saturated carbocycles. The lowest BCUT2D eigenvalue weighted by atomic mass is 10.0. The molecule has 1 amide bonds. The van der Waals surface area contributed by atoms with E-state index < -0.39 is 0 Å². The Kier molecular flexibility index (Phi) is 5.60. The lowest BCUT2D eigenvalue weighted by molar-refractivity contribution is -0.115. The molecule has 1 aliphatic rings. The molecule has 29 heavy (non-hydrogen) atoms. The minimum Gasteiger partial charge on any atom is -0.493 e. The van der Waals surface area contributed by atoms with E-state index in [2.05, 4.69) is 10.3 Å². The highest BCUT2D eigenvalue weighted by Crippen LogP contribution is 2.35. The van der Waals surface area contributed by atoms with E-state index in [0.29, 0.717) is 21.7 Å². The molecule has 0 unspecified atom stereocenters. The third kappa shape index (κ3) is 4.02. The van der Waals surface area contributed by atoms with Crippen LogP contribution in [0.5, 0.6) is 5.75 Å². The van der Waals surface area contributed by atoms with Crippen molar-refractivity contribution in [2.24, 2.45) is 4.99 Å². The maximum Gasteiger partial charge on any atom is 0.264 e. The monoisotopic (exact) mass is 422 g/mol. The summed E-state index contributed by atoms with van der Waals surface area (Å²) in [4.78, 5) is 17.7. The Morgan fingerprint density at radius 1 is 1.14 bits per heavy atom. The summed E-state index contributed by atoms with van der Waals surface area (Å²) in [5, 5.41) is 6.15. The van der Waals surface area contributed by atoms with Gasteiger partial charge in [0.1, 0.15) is 5.75 Å². The smallest absolute Gasteiger partial charge is 0.264 e. The summed E-state index contributed by atoms with van der Waals surface area (Å²) < 4.78 is 5.81. The third-order valence-electron chi connectivity index (χ3n) is 4.62. The van der Waals surface area contributed by atoms with Gasteiger partial charge in [-0.25, -0.2) is 4.99 Å². The van der Waals surface area contributed by atoms with E-state index >= 15 is 0 Å². The number of ether oxygens (including phenoxy) is 1. The molecule has 3 aromatic rings. The van der Waals surface area contributed by atoms with E-state index in [1.165, 1.54) is 11.8 Å². The van der Waals surface area contributed by atoms with Gasteiger partial charge in [0.05, 0.1) is 17.2 Å². The summed E-state index contributed by atoms with van der Waals surface area (Å²) in [5.41, 5.74) is 2.51. The molecule has 1 N–H and O–H groups in total. The largest absolute Gasteiger partial charge is 0.493 e. The summed E-state index contributed by atoms with van der Waals surface area (Å²) in [7, 11) is 0. The summed E-state index contributed by atoms with van der Waals surface area (Å²) >= 11 is 7.49. The molecule has 3 aromatic carbocycles. The molecule has 1 heterocycles. The molecule has 6 heteroatoms. The van der Waals surface area contributed by atoms with Crippen LogP contribution in [-0.2, 0) is 4.79 Å². The molecular formula is C23H19ClN2O2S. The summed E-state index contributed by atoms with van der Waals surface area (Å²) in [5.74, 6) is 0.576. The van der Waals surface area contributed by atoms with E-state index in [4.69, 9.17) is 16.3 Å². The first-order valence-corrected chi connectivity index (χ1v) is 10.5. The van der Waals surface area contributed by atoms with Crippen LogP contribution < -0.4 is 10.1 Å². The average molecular weight is 423 g/mol. The first-order valence-electron chi connectivity index (χ1n) is 9.26. The second kappa shape index (κ2) is 8.31. The Morgan fingerprint density at radius 3 is 2.79 bits per heavy atom. The van der Waals surface area contributed by atoms with Crippen molar-refractivity contribution >= 4 is 57.0 Å². The van der Waals surface area contributed by atoms with Gasteiger partial charge in [-0.15, -0.1) is 0 Å². The van der Waals surface area contributed by atoms with Crippen LogP contribution in [0.25, 0.3) is 16.8 Å². The van der Waals surface area contributed by atoms with Crippen LogP contribution in [0.3, 0.4) is 0 Å². The van der Waals surface area contributed by atoms with Gasteiger partial charge in [-0.3, -0.25) is 4.79 Å². The Bertz CT molecular complexity index is 1170. The maximum absolute atomic E-state index is 12.6. The quantitative estimate of drug-likeness (QED) is 0.517. The fourth-order valence-electron chi connectivity index (χ4n) is 3.14. The second-order valence-electron chi connectivity index (χ2n) is 6.50. The molecule has 0 atom stereocenters.